The van der Waals surface area contributed by atoms with Gasteiger partial charge in [0.05, 0.1) is 12.2 Å². The molecule has 1 aliphatic heterocycles. The van der Waals surface area contributed by atoms with Crippen molar-refractivity contribution in [1.29, 1.82) is 0 Å². The molecule has 0 radical (unpaired) electrons. The normalized spacial score (nSPS) is 15.5. The van der Waals surface area contributed by atoms with Gasteiger partial charge in [0.2, 0.25) is 0 Å². The number of amides is 1. The Labute approximate surface area is 78.8 Å². The van der Waals surface area contributed by atoms with Gasteiger partial charge in [-0.15, -0.1) is 11.3 Å². The van der Waals surface area contributed by atoms with Crippen molar-refractivity contribution in [3.63, 3.8) is 0 Å². The maximum atomic E-state index is 10.6. The van der Waals surface area contributed by atoms with Crippen LogP contribution in [0, 0.1) is 0 Å². The van der Waals surface area contributed by atoms with Crippen LogP contribution in [0.15, 0.2) is 0 Å². The van der Waals surface area contributed by atoms with Crippen LogP contribution in [0.25, 0.3) is 0 Å². The molecule has 2 rings (SSSR count). The molecule has 3 N–H and O–H groups in total. The number of thiazole rings is 1. The SMILES string of the molecule is Nc1nc2c(s1)CN(C(=O)O)CC2. The second-order valence-electron chi connectivity index (χ2n) is 2.88. The van der Waals surface area contributed by atoms with Crippen LogP contribution in [-0.2, 0) is 13.0 Å². The van der Waals surface area contributed by atoms with Crippen LogP contribution >= 0.6 is 11.3 Å². The number of aromatic nitrogens is 1. The molecule has 0 atom stereocenters. The molecule has 1 aromatic rings. The van der Waals surface area contributed by atoms with Crippen LogP contribution in [0.1, 0.15) is 10.6 Å². The van der Waals surface area contributed by atoms with Crippen LogP contribution in [0.4, 0.5) is 9.93 Å². The van der Waals surface area contributed by atoms with E-state index in [0.717, 1.165) is 10.6 Å². The first kappa shape index (κ1) is 8.31. The van der Waals surface area contributed by atoms with Crippen molar-refractivity contribution in [2.24, 2.45) is 0 Å². The van der Waals surface area contributed by atoms with Crippen LogP contribution in [0.3, 0.4) is 0 Å². The highest BCUT2D eigenvalue weighted by molar-refractivity contribution is 7.15. The second-order valence-corrected chi connectivity index (χ2v) is 3.99. The predicted molar refractivity (Wildman–Crippen MR) is 48.7 cm³/mol. The van der Waals surface area contributed by atoms with Crippen molar-refractivity contribution >= 4 is 22.6 Å². The molecule has 1 aromatic heterocycles. The molecule has 0 aromatic carbocycles. The summed E-state index contributed by atoms with van der Waals surface area (Å²) in [5.74, 6) is 0. The number of anilines is 1. The monoisotopic (exact) mass is 199 g/mol. The lowest BCUT2D eigenvalue weighted by atomic mass is 10.2. The molecule has 13 heavy (non-hydrogen) atoms. The molecular formula is C7H9N3O2S. The van der Waals surface area contributed by atoms with Crippen molar-refractivity contribution in [2.75, 3.05) is 12.3 Å². The molecular weight excluding hydrogens is 190 g/mol. The summed E-state index contributed by atoms with van der Waals surface area (Å²) in [7, 11) is 0. The average Bonchev–Trinajstić information content (AvgIpc) is 2.42. The number of hydrogen-bond donors (Lipinski definition) is 2. The van der Waals surface area contributed by atoms with E-state index in [1.165, 1.54) is 16.2 Å². The van der Waals surface area contributed by atoms with Crippen molar-refractivity contribution in [2.45, 2.75) is 13.0 Å². The zero-order valence-electron chi connectivity index (χ0n) is 6.86. The van der Waals surface area contributed by atoms with Gasteiger partial charge in [-0.25, -0.2) is 9.78 Å². The third kappa shape index (κ3) is 1.44. The van der Waals surface area contributed by atoms with E-state index in [1.54, 1.807) is 0 Å². The average molecular weight is 199 g/mol. The number of nitrogen functional groups attached to an aromatic ring is 1. The molecule has 0 spiro atoms. The molecule has 70 valence electrons. The predicted octanol–water partition coefficient (Wildman–Crippen LogP) is 0.761. The van der Waals surface area contributed by atoms with Gasteiger partial charge in [-0.2, -0.15) is 0 Å². The summed E-state index contributed by atoms with van der Waals surface area (Å²) >= 11 is 1.37. The summed E-state index contributed by atoms with van der Waals surface area (Å²) in [4.78, 5) is 17.1. The smallest absolute Gasteiger partial charge is 0.407 e. The van der Waals surface area contributed by atoms with Gasteiger partial charge >= 0.3 is 6.09 Å². The van der Waals surface area contributed by atoms with Crippen molar-refractivity contribution in [1.82, 2.24) is 9.88 Å². The standard InChI is InChI=1S/C7H9N3O2S/c8-6-9-4-1-2-10(7(11)12)3-5(4)13-6/h1-3H2,(H2,8,9)(H,11,12). The van der Waals surface area contributed by atoms with E-state index in [0.29, 0.717) is 24.6 Å². The van der Waals surface area contributed by atoms with Crippen molar-refractivity contribution < 1.29 is 9.90 Å². The number of hydrogen-bond acceptors (Lipinski definition) is 4. The highest BCUT2D eigenvalue weighted by atomic mass is 32.1. The van der Waals surface area contributed by atoms with Gasteiger partial charge in [0.15, 0.2) is 5.13 Å². The van der Waals surface area contributed by atoms with Crippen LogP contribution in [0.2, 0.25) is 0 Å². The van der Waals surface area contributed by atoms with Gasteiger partial charge in [0.25, 0.3) is 0 Å². The van der Waals surface area contributed by atoms with E-state index >= 15 is 0 Å². The molecule has 0 unspecified atom stereocenters. The Kier molecular flexibility index (Phi) is 1.84. The van der Waals surface area contributed by atoms with E-state index < -0.39 is 6.09 Å². The summed E-state index contributed by atoms with van der Waals surface area (Å²) in [6, 6.07) is 0. The molecule has 5 nitrogen and oxygen atoms in total. The number of carboxylic acid groups (broad SMARTS) is 1. The first-order chi connectivity index (χ1) is 6.16. The molecule has 1 aliphatic rings. The molecule has 1 amide bonds. The molecule has 0 fully saturated rings. The van der Waals surface area contributed by atoms with E-state index in [-0.39, 0.29) is 0 Å². The zero-order chi connectivity index (χ0) is 9.42. The lowest BCUT2D eigenvalue weighted by Gasteiger charge is -2.22. The van der Waals surface area contributed by atoms with Gasteiger partial charge in [-0.05, 0) is 0 Å². The summed E-state index contributed by atoms with van der Waals surface area (Å²) in [6.45, 7) is 0.949. The highest BCUT2D eigenvalue weighted by Gasteiger charge is 2.22. The van der Waals surface area contributed by atoms with E-state index in [1.807, 2.05) is 0 Å². The van der Waals surface area contributed by atoms with Crippen molar-refractivity contribution in [3.05, 3.63) is 10.6 Å². The minimum atomic E-state index is -0.877. The van der Waals surface area contributed by atoms with Gasteiger partial charge in [-0.1, -0.05) is 0 Å². The molecule has 0 saturated heterocycles. The Hall–Kier alpha value is -1.30. The van der Waals surface area contributed by atoms with Crippen molar-refractivity contribution in [3.8, 4) is 0 Å². The summed E-state index contributed by atoms with van der Waals surface area (Å²) in [5, 5.41) is 9.27. The molecule has 2 heterocycles. The maximum absolute atomic E-state index is 10.6. The third-order valence-electron chi connectivity index (χ3n) is 2.02. The van der Waals surface area contributed by atoms with E-state index in [4.69, 9.17) is 10.8 Å². The lowest BCUT2D eigenvalue weighted by Crippen LogP contribution is -2.34. The molecule has 0 saturated carbocycles. The Balaban J connectivity index is 2.24. The second kappa shape index (κ2) is 2.88. The Morgan fingerprint density at radius 3 is 3.15 bits per heavy atom. The minimum absolute atomic E-state index is 0.430. The van der Waals surface area contributed by atoms with Gasteiger partial charge in [-0.3, -0.25) is 0 Å². The maximum Gasteiger partial charge on any atom is 0.407 e. The fourth-order valence-electron chi connectivity index (χ4n) is 1.38. The molecule has 6 heteroatoms. The highest BCUT2D eigenvalue weighted by Crippen LogP contribution is 2.26. The zero-order valence-corrected chi connectivity index (χ0v) is 7.67. The summed E-state index contributed by atoms with van der Waals surface area (Å²) < 4.78 is 0. The summed E-state index contributed by atoms with van der Waals surface area (Å²) in [6.07, 6.45) is -0.201. The Morgan fingerprint density at radius 1 is 1.69 bits per heavy atom. The fraction of sp³-hybridized carbons (Fsp3) is 0.429. The molecule has 0 aliphatic carbocycles. The van der Waals surface area contributed by atoms with Gasteiger partial charge < -0.3 is 15.7 Å². The van der Waals surface area contributed by atoms with Gasteiger partial charge in [0.1, 0.15) is 0 Å². The van der Waals surface area contributed by atoms with Gasteiger partial charge in [0, 0.05) is 17.8 Å². The van der Waals surface area contributed by atoms with E-state index in [2.05, 4.69) is 4.98 Å². The lowest BCUT2D eigenvalue weighted by molar-refractivity contribution is 0.140. The third-order valence-corrected chi connectivity index (χ3v) is 2.93. The minimum Gasteiger partial charge on any atom is -0.465 e. The number of fused-ring (bicyclic) bond motifs is 1. The largest absolute Gasteiger partial charge is 0.465 e. The fourth-order valence-corrected chi connectivity index (χ4v) is 2.27. The molecule has 0 bridgehead atoms. The van der Waals surface area contributed by atoms with Crippen LogP contribution in [-0.4, -0.2) is 27.6 Å². The quantitative estimate of drug-likeness (QED) is 0.646. The van der Waals surface area contributed by atoms with E-state index in [9.17, 15) is 4.79 Å². The first-order valence-electron chi connectivity index (χ1n) is 3.89. The first-order valence-corrected chi connectivity index (χ1v) is 4.70. The van der Waals surface area contributed by atoms with Crippen LogP contribution < -0.4 is 5.73 Å². The topological polar surface area (TPSA) is 79.5 Å². The number of nitrogens with two attached hydrogens (primary N) is 1. The number of carbonyl (C=O) groups is 1. The Bertz CT molecular complexity index is 350. The number of rotatable bonds is 0. The summed E-state index contributed by atoms with van der Waals surface area (Å²) in [5.41, 5.74) is 6.48. The Morgan fingerprint density at radius 2 is 2.46 bits per heavy atom. The van der Waals surface area contributed by atoms with Crippen LogP contribution in [0.5, 0.6) is 0 Å². The number of nitrogens with zero attached hydrogens (tertiary/aromatic N) is 2.